The Balaban J connectivity index is 1.91. The van der Waals surface area contributed by atoms with E-state index in [9.17, 15) is 0 Å². The summed E-state index contributed by atoms with van der Waals surface area (Å²) in [5, 5.41) is 3.23. The Morgan fingerprint density at radius 1 is 1.32 bits per heavy atom. The maximum atomic E-state index is 5.01. The lowest BCUT2D eigenvalue weighted by Crippen LogP contribution is -2.46. The van der Waals surface area contributed by atoms with Crippen molar-refractivity contribution in [2.75, 3.05) is 63.2 Å². The van der Waals surface area contributed by atoms with Gasteiger partial charge in [-0.1, -0.05) is 6.92 Å². The molecule has 0 aromatic carbocycles. The molecule has 6 heteroatoms. The molecule has 2 rings (SSSR count). The van der Waals surface area contributed by atoms with Crippen LogP contribution in [0.15, 0.2) is 12.3 Å². The molecule has 1 saturated heterocycles. The van der Waals surface area contributed by atoms with Crippen LogP contribution in [0.3, 0.4) is 0 Å². The van der Waals surface area contributed by atoms with Crippen LogP contribution in [0.4, 0.5) is 11.8 Å². The average molecular weight is 265 g/mol. The van der Waals surface area contributed by atoms with Gasteiger partial charge < -0.3 is 19.9 Å². The Morgan fingerprint density at radius 3 is 2.79 bits per heavy atom. The number of likely N-dealkylation sites (N-methyl/N-ethyl adjacent to an activating group) is 1. The van der Waals surface area contributed by atoms with Crippen molar-refractivity contribution < 1.29 is 4.74 Å². The van der Waals surface area contributed by atoms with Crippen molar-refractivity contribution >= 4 is 11.8 Å². The third kappa shape index (κ3) is 4.04. The summed E-state index contributed by atoms with van der Waals surface area (Å²) in [6, 6.07) is 1.89. The zero-order valence-electron chi connectivity index (χ0n) is 11.8. The maximum absolute atomic E-state index is 5.01. The summed E-state index contributed by atoms with van der Waals surface area (Å²) in [5.74, 6) is 1.68. The molecule has 106 valence electrons. The molecule has 0 atom stereocenters. The van der Waals surface area contributed by atoms with E-state index in [-0.39, 0.29) is 0 Å². The van der Waals surface area contributed by atoms with E-state index in [1.807, 2.05) is 12.3 Å². The lowest BCUT2D eigenvalue weighted by molar-refractivity contribution is 0.210. The summed E-state index contributed by atoms with van der Waals surface area (Å²) in [6.07, 6.45) is 1.81. The highest BCUT2D eigenvalue weighted by Gasteiger charge is 2.17. The molecule has 0 aliphatic carbocycles. The zero-order chi connectivity index (χ0) is 13.5. The van der Waals surface area contributed by atoms with E-state index in [4.69, 9.17) is 4.74 Å². The fraction of sp³-hybridized carbons (Fsp3) is 0.692. The average Bonchev–Trinajstić information content (AvgIpc) is 2.48. The van der Waals surface area contributed by atoms with E-state index in [0.717, 1.165) is 51.0 Å². The molecule has 0 amide bonds. The first-order chi connectivity index (χ1) is 9.33. The molecule has 0 spiro atoms. The molecule has 0 radical (unpaired) electrons. The largest absolute Gasteiger partial charge is 0.383 e. The van der Waals surface area contributed by atoms with E-state index in [1.165, 1.54) is 0 Å². The molecule has 19 heavy (non-hydrogen) atoms. The Morgan fingerprint density at radius 2 is 2.11 bits per heavy atom. The lowest BCUT2D eigenvalue weighted by atomic mass is 10.3. The van der Waals surface area contributed by atoms with Crippen LogP contribution in [-0.4, -0.2) is 67.9 Å². The number of hydrogen-bond donors (Lipinski definition) is 1. The molecule has 1 fully saturated rings. The van der Waals surface area contributed by atoms with E-state index < -0.39 is 0 Å². The van der Waals surface area contributed by atoms with Crippen molar-refractivity contribution in [2.45, 2.75) is 6.92 Å². The van der Waals surface area contributed by atoms with Gasteiger partial charge in [-0.25, -0.2) is 4.98 Å². The number of hydrogen-bond acceptors (Lipinski definition) is 6. The lowest BCUT2D eigenvalue weighted by Gasteiger charge is -2.34. The van der Waals surface area contributed by atoms with E-state index in [0.29, 0.717) is 6.61 Å². The van der Waals surface area contributed by atoms with Crippen molar-refractivity contribution in [3.05, 3.63) is 12.3 Å². The van der Waals surface area contributed by atoms with Crippen LogP contribution < -0.4 is 10.2 Å². The Hall–Kier alpha value is -1.40. The summed E-state index contributed by atoms with van der Waals surface area (Å²) in [7, 11) is 1.69. The molecule has 2 heterocycles. The minimum absolute atomic E-state index is 0.675. The van der Waals surface area contributed by atoms with Gasteiger partial charge in [0.25, 0.3) is 0 Å². The number of anilines is 2. The molecule has 0 bridgehead atoms. The molecular weight excluding hydrogens is 242 g/mol. The number of nitrogens with one attached hydrogen (secondary N) is 1. The van der Waals surface area contributed by atoms with Gasteiger partial charge in [-0.15, -0.1) is 0 Å². The van der Waals surface area contributed by atoms with Gasteiger partial charge in [0.1, 0.15) is 5.82 Å². The van der Waals surface area contributed by atoms with Crippen molar-refractivity contribution in [3.63, 3.8) is 0 Å². The quantitative estimate of drug-likeness (QED) is 0.763. The first kappa shape index (κ1) is 14.0. The van der Waals surface area contributed by atoms with Gasteiger partial charge in [0.05, 0.1) is 6.61 Å². The molecular formula is C13H23N5O. The van der Waals surface area contributed by atoms with Crippen molar-refractivity contribution in [2.24, 2.45) is 0 Å². The Kier molecular flexibility index (Phi) is 5.35. The number of aromatic nitrogens is 2. The third-order valence-corrected chi connectivity index (χ3v) is 3.36. The number of nitrogens with zero attached hydrogens (tertiary/aromatic N) is 4. The second-order valence-electron chi connectivity index (χ2n) is 4.58. The molecule has 1 aliphatic rings. The van der Waals surface area contributed by atoms with Crippen LogP contribution in [0.2, 0.25) is 0 Å². The normalized spacial score (nSPS) is 16.6. The predicted octanol–water partition coefficient (Wildman–Crippen LogP) is 0.677. The minimum atomic E-state index is 0.675. The van der Waals surface area contributed by atoms with Gasteiger partial charge in [-0.2, -0.15) is 4.98 Å². The molecule has 0 saturated carbocycles. The van der Waals surface area contributed by atoms with E-state index in [1.54, 1.807) is 7.11 Å². The zero-order valence-corrected chi connectivity index (χ0v) is 11.8. The van der Waals surface area contributed by atoms with Gasteiger partial charge in [0, 0.05) is 46.0 Å². The number of ether oxygens (including phenoxy) is 1. The predicted molar refractivity (Wildman–Crippen MR) is 76.7 cm³/mol. The monoisotopic (exact) mass is 265 g/mol. The highest BCUT2D eigenvalue weighted by atomic mass is 16.5. The molecule has 0 unspecified atom stereocenters. The van der Waals surface area contributed by atoms with Gasteiger partial charge >= 0.3 is 0 Å². The van der Waals surface area contributed by atoms with E-state index >= 15 is 0 Å². The first-order valence-electron chi connectivity index (χ1n) is 6.86. The van der Waals surface area contributed by atoms with E-state index in [2.05, 4.69) is 32.0 Å². The van der Waals surface area contributed by atoms with Crippen molar-refractivity contribution in [1.82, 2.24) is 14.9 Å². The van der Waals surface area contributed by atoms with Gasteiger partial charge in [-0.05, 0) is 12.6 Å². The number of methoxy groups -OCH3 is 1. The van der Waals surface area contributed by atoms with Crippen molar-refractivity contribution in [1.29, 1.82) is 0 Å². The summed E-state index contributed by atoms with van der Waals surface area (Å²) in [4.78, 5) is 13.6. The summed E-state index contributed by atoms with van der Waals surface area (Å²) in [5.41, 5.74) is 0. The number of rotatable bonds is 6. The summed E-state index contributed by atoms with van der Waals surface area (Å²) >= 11 is 0. The van der Waals surface area contributed by atoms with Crippen LogP contribution in [0.25, 0.3) is 0 Å². The topological polar surface area (TPSA) is 53.5 Å². The standard InChI is InChI=1S/C13H23N5O/c1-3-17-7-9-18(10-8-17)13-15-5-4-12(16-13)14-6-11-19-2/h4-5H,3,6-11H2,1-2H3,(H,14,15,16). The molecule has 1 aromatic rings. The summed E-state index contributed by atoms with van der Waals surface area (Å²) < 4.78 is 5.01. The third-order valence-electron chi connectivity index (χ3n) is 3.36. The molecule has 6 nitrogen and oxygen atoms in total. The Labute approximate surface area is 114 Å². The van der Waals surface area contributed by atoms with Gasteiger partial charge in [-0.3, -0.25) is 0 Å². The van der Waals surface area contributed by atoms with Gasteiger partial charge in [0.15, 0.2) is 0 Å². The molecule has 1 aromatic heterocycles. The second-order valence-corrected chi connectivity index (χ2v) is 4.58. The van der Waals surface area contributed by atoms with Crippen LogP contribution in [0.5, 0.6) is 0 Å². The minimum Gasteiger partial charge on any atom is -0.383 e. The highest BCUT2D eigenvalue weighted by Crippen LogP contribution is 2.13. The maximum Gasteiger partial charge on any atom is 0.227 e. The molecule has 1 N–H and O–H groups in total. The first-order valence-corrected chi connectivity index (χ1v) is 6.86. The van der Waals surface area contributed by atoms with Crippen LogP contribution >= 0.6 is 0 Å². The van der Waals surface area contributed by atoms with Crippen LogP contribution in [-0.2, 0) is 4.74 Å². The van der Waals surface area contributed by atoms with Crippen molar-refractivity contribution in [3.8, 4) is 0 Å². The second kappa shape index (κ2) is 7.25. The highest BCUT2D eigenvalue weighted by molar-refractivity contribution is 5.41. The fourth-order valence-corrected chi connectivity index (χ4v) is 2.14. The number of piperazine rings is 1. The smallest absolute Gasteiger partial charge is 0.227 e. The van der Waals surface area contributed by atoms with Crippen LogP contribution in [0.1, 0.15) is 6.92 Å². The fourth-order valence-electron chi connectivity index (χ4n) is 2.14. The Bertz CT molecular complexity index is 379. The summed E-state index contributed by atoms with van der Waals surface area (Å²) in [6.45, 7) is 8.91. The van der Waals surface area contributed by atoms with Gasteiger partial charge in [0.2, 0.25) is 5.95 Å². The SMILES string of the molecule is CCN1CCN(c2nccc(NCCOC)n2)CC1. The van der Waals surface area contributed by atoms with Crippen LogP contribution in [0, 0.1) is 0 Å². The molecule has 1 aliphatic heterocycles.